The maximum atomic E-state index is 13.0. The van der Waals surface area contributed by atoms with Gasteiger partial charge in [-0.3, -0.25) is 4.55 Å². The first-order valence-corrected chi connectivity index (χ1v) is 7.58. The lowest BCUT2D eigenvalue weighted by Gasteiger charge is -2.16. The molecular weight excluding hydrogens is 309 g/mol. The van der Waals surface area contributed by atoms with Gasteiger partial charge < -0.3 is 0 Å². The predicted octanol–water partition coefficient (Wildman–Crippen LogP) is 2.91. The zero-order valence-electron chi connectivity index (χ0n) is 12.4. The van der Waals surface area contributed by atoms with E-state index in [4.69, 9.17) is 4.55 Å². The van der Waals surface area contributed by atoms with Crippen LogP contribution in [-0.2, 0) is 15.6 Å². The number of hydrogen-bond donors (Lipinski definition) is 1. The minimum Gasteiger partial charge on any atom is -0.282 e. The van der Waals surface area contributed by atoms with Crippen molar-refractivity contribution in [2.75, 3.05) is 12.1 Å². The minimum absolute atomic E-state index is 0.119. The summed E-state index contributed by atoms with van der Waals surface area (Å²) in [6, 6.07) is 7.70. The maximum Gasteiger partial charge on any atom is 0.325 e. The molecule has 0 spiro atoms. The highest BCUT2D eigenvalue weighted by Gasteiger charge is 2.14. The molecule has 1 heterocycles. The van der Waals surface area contributed by atoms with E-state index in [1.807, 2.05) is 13.8 Å². The van der Waals surface area contributed by atoms with E-state index in [0.717, 1.165) is 10.8 Å². The Morgan fingerprint density at radius 1 is 1.27 bits per heavy atom. The topological polar surface area (TPSA) is 75.6 Å². The Bertz CT molecular complexity index is 680. The molecule has 22 heavy (non-hydrogen) atoms. The molecule has 1 atom stereocenters. The summed E-state index contributed by atoms with van der Waals surface area (Å²) in [5.74, 6) is -0.0693. The summed E-state index contributed by atoms with van der Waals surface area (Å²) in [4.78, 5) is 8.59. The van der Waals surface area contributed by atoms with Crippen LogP contribution in [0.5, 0.6) is 0 Å². The molecule has 8 heteroatoms. The first-order valence-electron chi connectivity index (χ1n) is 6.54. The molecule has 0 aliphatic rings. The standard InChI is InChI=1S/C14H16FN3O3S/c1-9(2)12-8-13(10-4-6-11(15)7-5-10)17-14(16-12)18(3)21-22(19)20/h4-9H,1-3H3,(H,19,20). The highest BCUT2D eigenvalue weighted by atomic mass is 32.2. The average Bonchev–Trinajstić information content (AvgIpc) is 2.46. The van der Waals surface area contributed by atoms with Crippen LogP contribution < -0.4 is 5.06 Å². The number of anilines is 1. The van der Waals surface area contributed by atoms with Crippen molar-refractivity contribution < 1.29 is 17.4 Å². The third-order valence-electron chi connectivity index (χ3n) is 2.92. The molecule has 1 unspecified atom stereocenters. The van der Waals surface area contributed by atoms with Crippen LogP contribution in [0.15, 0.2) is 30.3 Å². The lowest BCUT2D eigenvalue weighted by atomic mass is 10.1. The van der Waals surface area contributed by atoms with E-state index in [1.165, 1.54) is 19.2 Å². The van der Waals surface area contributed by atoms with Gasteiger partial charge in [-0.1, -0.05) is 13.8 Å². The van der Waals surface area contributed by atoms with Gasteiger partial charge in [-0.2, -0.15) is 4.21 Å². The molecule has 0 aliphatic heterocycles. The van der Waals surface area contributed by atoms with E-state index >= 15 is 0 Å². The molecule has 1 N–H and O–H groups in total. The molecule has 0 fully saturated rings. The first kappa shape index (κ1) is 16.5. The van der Waals surface area contributed by atoms with Crippen molar-refractivity contribution >= 4 is 17.3 Å². The fraction of sp³-hybridized carbons (Fsp3) is 0.286. The van der Waals surface area contributed by atoms with E-state index in [2.05, 4.69) is 14.3 Å². The van der Waals surface area contributed by atoms with Crippen LogP contribution in [0.25, 0.3) is 11.3 Å². The number of nitrogens with zero attached hydrogens (tertiary/aromatic N) is 3. The number of hydrogen-bond acceptors (Lipinski definition) is 5. The molecular formula is C14H16FN3O3S. The van der Waals surface area contributed by atoms with Gasteiger partial charge in [0.15, 0.2) is 0 Å². The Morgan fingerprint density at radius 3 is 2.45 bits per heavy atom. The average molecular weight is 325 g/mol. The molecule has 118 valence electrons. The fourth-order valence-electron chi connectivity index (χ4n) is 1.79. The zero-order chi connectivity index (χ0) is 16.3. The summed E-state index contributed by atoms with van der Waals surface area (Å²) < 4.78 is 37.2. The van der Waals surface area contributed by atoms with Gasteiger partial charge in [-0.25, -0.2) is 19.4 Å². The second-order valence-corrected chi connectivity index (χ2v) is 5.51. The van der Waals surface area contributed by atoms with Crippen LogP contribution in [0, 0.1) is 5.82 Å². The molecule has 0 saturated heterocycles. The molecule has 1 aromatic heterocycles. The highest BCUT2D eigenvalue weighted by molar-refractivity contribution is 7.74. The quantitative estimate of drug-likeness (QED) is 0.673. The Balaban J connectivity index is 2.47. The second-order valence-electron chi connectivity index (χ2n) is 4.93. The van der Waals surface area contributed by atoms with E-state index in [9.17, 15) is 8.60 Å². The van der Waals surface area contributed by atoms with Gasteiger partial charge in [-0.05, 0) is 36.2 Å². The van der Waals surface area contributed by atoms with Crippen molar-refractivity contribution in [2.45, 2.75) is 19.8 Å². The van der Waals surface area contributed by atoms with Gasteiger partial charge in [0.1, 0.15) is 5.82 Å². The van der Waals surface area contributed by atoms with Gasteiger partial charge in [-0.15, -0.1) is 4.28 Å². The van der Waals surface area contributed by atoms with Crippen molar-refractivity contribution in [3.8, 4) is 11.3 Å². The minimum atomic E-state index is -2.47. The van der Waals surface area contributed by atoms with Crippen molar-refractivity contribution in [3.05, 3.63) is 41.8 Å². The van der Waals surface area contributed by atoms with Crippen LogP contribution in [0.2, 0.25) is 0 Å². The monoisotopic (exact) mass is 325 g/mol. The summed E-state index contributed by atoms with van der Waals surface area (Å²) in [5, 5.41) is 1.02. The van der Waals surface area contributed by atoms with Crippen molar-refractivity contribution in [2.24, 2.45) is 0 Å². The van der Waals surface area contributed by atoms with E-state index in [0.29, 0.717) is 11.3 Å². The third kappa shape index (κ3) is 4.06. The molecule has 2 rings (SSSR count). The van der Waals surface area contributed by atoms with Gasteiger partial charge in [0, 0.05) is 18.3 Å². The number of halogens is 1. The van der Waals surface area contributed by atoms with Crippen LogP contribution in [0.4, 0.5) is 10.3 Å². The molecule has 0 amide bonds. The van der Waals surface area contributed by atoms with E-state index < -0.39 is 11.4 Å². The zero-order valence-corrected chi connectivity index (χ0v) is 13.2. The Morgan fingerprint density at radius 2 is 1.91 bits per heavy atom. The highest BCUT2D eigenvalue weighted by Crippen LogP contribution is 2.24. The summed E-state index contributed by atoms with van der Waals surface area (Å²) in [6.45, 7) is 3.93. The third-order valence-corrected chi connectivity index (χ3v) is 3.27. The molecule has 0 radical (unpaired) electrons. The predicted molar refractivity (Wildman–Crippen MR) is 81.8 cm³/mol. The van der Waals surface area contributed by atoms with Gasteiger partial charge in [0.25, 0.3) is 5.95 Å². The molecule has 6 nitrogen and oxygen atoms in total. The van der Waals surface area contributed by atoms with Gasteiger partial charge in [0.2, 0.25) is 0 Å². The van der Waals surface area contributed by atoms with Crippen LogP contribution in [-0.4, -0.2) is 25.8 Å². The number of hydroxylamine groups is 1. The Kier molecular flexibility index (Phi) is 5.17. The van der Waals surface area contributed by atoms with Crippen molar-refractivity contribution in [3.63, 3.8) is 0 Å². The smallest absolute Gasteiger partial charge is 0.282 e. The number of aromatic nitrogens is 2. The molecule has 2 aromatic rings. The summed E-state index contributed by atoms with van der Waals surface area (Å²) in [6.07, 6.45) is 0. The molecule has 0 bridgehead atoms. The molecule has 0 aliphatic carbocycles. The van der Waals surface area contributed by atoms with Crippen LogP contribution >= 0.6 is 0 Å². The fourth-order valence-corrected chi connectivity index (χ4v) is 2.04. The summed E-state index contributed by atoms with van der Waals surface area (Å²) in [5.41, 5.74) is 2.03. The first-order chi connectivity index (χ1) is 10.4. The van der Waals surface area contributed by atoms with Crippen LogP contribution in [0.3, 0.4) is 0 Å². The second kappa shape index (κ2) is 6.91. The maximum absolute atomic E-state index is 13.0. The normalized spacial score (nSPS) is 12.5. The van der Waals surface area contributed by atoms with Crippen molar-refractivity contribution in [1.29, 1.82) is 0 Å². The Labute approximate surface area is 130 Å². The lowest BCUT2D eigenvalue weighted by molar-refractivity contribution is 0.289. The van der Waals surface area contributed by atoms with Gasteiger partial charge >= 0.3 is 11.4 Å². The van der Waals surface area contributed by atoms with E-state index in [-0.39, 0.29) is 17.7 Å². The molecule has 1 aromatic carbocycles. The molecule has 0 saturated carbocycles. The largest absolute Gasteiger partial charge is 0.325 e. The van der Waals surface area contributed by atoms with E-state index in [1.54, 1.807) is 18.2 Å². The van der Waals surface area contributed by atoms with Gasteiger partial charge in [0.05, 0.1) is 5.69 Å². The number of benzene rings is 1. The summed E-state index contributed by atoms with van der Waals surface area (Å²) in [7, 11) is 1.43. The van der Waals surface area contributed by atoms with Crippen molar-refractivity contribution in [1.82, 2.24) is 9.97 Å². The summed E-state index contributed by atoms with van der Waals surface area (Å²) >= 11 is -2.47. The lowest BCUT2D eigenvalue weighted by Crippen LogP contribution is -2.22. The number of rotatable bonds is 5. The van der Waals surface area contributed by atoms with Crippen LogP contribution in [0.1, 0.15) is 25.5 Å². The Hall–Kier alpha value is -1.90. The SMILES string of the molecule is CC(C)c1cc(-c2ccc(F)cc2)nc(N(C)OS(=O)O)n1.